The first-order valence-electron chi connectivity index (χ1n) is 5.71. The number of allylic oxidation sites excluding steroid dienone is 1. The van der Waals surface area contributed by atoms with Crippen molar-refractivity contribution in [1.82, 2.24) is 0 Å². The predicted octanol–water partition coefficient (Wildman–Crippen LogP) is 2.16. The molecule has 1 saturated heterocycles. The Morgan fingerprint density at radius 2 is 2.07 bits per heavy atom. The molecule has 1 heterocycles. The van der Waals surface area contributed by atoms with Gasteiger partial charge in [-0.05, 0) is 29.6 Å². The summed E-state index contributed by atoms with van der Waals surface area (Å²) in [4.78, 5) is 0. The second-order valence-electron chi connectivity index (χ2n) is 4.09. The van der Waals surface area contributed by atoms with Gasteiger partial charge in [0.25, 0.3) is 0 Å². The van der Waals surface area contributed by atoms with Crippen molar-refractivity contribution in [1.29, 1.82) is 0 Å². The average Bonchev–Trinajstić information content (AvgIpc) is 2.32. The second-order valence-corrected chi connectivity index (χ2v) is 6.64. The summed E-state index contributed by atoms with van der Waals surface area (Å²) >= 11 is 0. The van der Waals surface area contributed by atoms with Gasteiger partial charge in [-0.15, -0.1) is 6.58 Å². The van der Waals surface area contributed by atoms with E-state index in [0.29, 0.717) is 0 Å². The lowest BCUT2D eigenvalue weighted by atomic mass is 10.2. The van der Waals surface area contributed by atoms with Crippen LogP contribution in [-0.2, 0) is 10.8 Å². The number of hydrogen-bond donors (Lipinski definition) is 0. The Morgan fingerprint density at radius 1 is 1.27 bits per heavy atom. The Balaban J connectivity index is 2.04. The van der Waals surface area contributed by atoms with Crippen LogP contribution in [0.3, 0.4) is 0 Å². The normalized spacial score (nSPS) is 21.2. The maximum atomic E-state index is 5.88. The van der Waals surface area contributed by atoms with E-state index in [1.54, 1.807) is 0 Å². The van der Waals surface area contributed by atoms with Gasteiger partial charge in [0.1, 0.15) is 0 Å². The standard InChI is InChI=1S/C13H18OSi/c1-2-5-12-6-8-13(9-7-12)15-11-4-3-10-14-15/h2,6-9,15H,1,3-5,10-11H2. The van der Waals surface area contributed by atoms with Crippen LogP contribution in [0.25, 0.3) is 0 Å². The molecule has 80 valence electrons. The zero-order chi connectivity index (χ0) is 10.5. The molecule has 2 heteroatoms. The average molecular weight is 218 g/mol. The van der Waals surface area contributed by atoms with Gasteiger partial charge in [-0.25, -0.2) is 0 Å². The summed E-state index contributed by atoms with van der Waals surface area (Å²) in [6, 6.07) is 10.2. The smallest absolute Gasteiger partial charge is 0.208 e. The zero-order valence-corrected chi connectivity index (χ0v) is 10.3. The largest absolute Gasteiger partial charge is 0.415 e. The summed E-state index contributed by atoms with van der Waals surface area (Å²) in [6.07, 6.45) is 5.51. The summed E-state index contributed by atoms with van der Waals surface area (Å²) in [5.74, 6) is 0. The van der Waals surface area contributed by atoms with Crippen LogP contribution in [0.4, 0.5) is 0 Å². The van der Waals surface area contributed by atoms with Crippen LogP contribution in [0.15, 0.2) is 36.9 Å². The SMILES string of the molecule is C=CCc1ccc([SiH]2CCCCO2)cc1. The van der Waals surface area contributed by atoms with Crippen LogP contribution in [0.1, 0.15) is 18.4 Å². The van der Waals surface area contributed by atoms with Gasteiger partial charge in [0.2, 0.25) is 9.04 Å². The maximum absolute atomic E-state index is 5.88. The van der Waals surface area contributed by atoms with Gasteiger partial charge in [-0.3, -0.25) is 0 Å². The van der Waals surface area contributed by atoms with Crippen LogP contribution >= 0.6 is 0 Å². The lowest BCUT2D eigenvalue weighted by Gasteiger charge is -2.21. The van der Waals surface area contributed by atoms with E-state index in [2.05, 4.69) is 30.8 Å². The highest BCUT2D eigenvalue weighted by atomic mass is 28.3. The second kappa shape index (κ2) is 5.28. The Kier molecular flexibility index (Phi) is 3.75. The summed E-state index contributed by atoms with van der Waals surface area (Å²) in [6.45, 7) is 4.73. The fraction of sp³-hybridized carbons (Fsp3) is 0.385. The molecule has 0 saturated carbocycles. The quantitative estimate of drug-likeness (QED) is 0.558. The van der Waals surface area contributed by atoms with Crippen molar-refractivity contribution in [3.05, 3.63) is 42.5 Å². The Hall–Kier alpha value is -0.863. The first-order valence-corrected chi connectivity index (χ1v) is 7.58. The van der Waals surface area contributed by atoms with Crippen LogP contribution in [0, 0.1) is 0 Å². The summed E-state index contributed by atoms with van der Waals surface area (Å²) in [5, 5.41) is 1.46. The molecular formula is C13H18OSi. The highest BCUT2D eigenvalue weighted by molar-refractivity contribution is 6.67. The van der Waals surface area contributed by atoms with Crippen molar-refractivity contribution >= 4 is 14.2 Å². The third-order valence-electron chi connectivity index (χ3n) is 2.91. The van der Waals surface area contributed by atoms with Gasteiger partial charge in [0, 0.05) is 6.61 Å². The van der Waals surface area contributed by atoms with Crippen molar-refractivity contribution in [3.8, 4) is 0 Å². The fourth-order valence-corrected chi connectivity index (χ4v) is 4.46. The molecule has 1 atom stereocenters. The molecule has 1 aromatic carbocycles. The molecule has 0 aliphatic carbocycles. The lowest BCUT2D eigenvalue weighted by Crippen LogP contribution is -2.36. The maximum Gasteiger partial charge on any atom is 0.208 e. The van der Waals surface area contributed by atoms with Crippen LogP contribution < -0.4 is 5.19 Å². The highest BCUT2D eigenvalue weighted by Crippen LogP contribution is 2.11. The lowest BCUT2D eigenvalue weighted by molar-refractivity contribution is 0.294. The van der Waals surface area contributed by atoms with Crippen LogP contribution in [-0.4, -0.2) is 15.6 Å². The third-order valence-corrected chi connectivity index (χ3v) is 5.61. The first kappa shape index (κ1) is 10.6. The Bertz CT molecular complexity index is 312. The van der Waals surface area contributed by atoms with Crippen molar-refractivity contribution in [2.45, 2.75) is 25.3 Å². The topological polar surface area (TPSA) is 9.23 Å². The molecule has 0 N–H and O–H groups in total. The Labute approximate surface area is 93.5 Å². The van der Waals surface area contributed by atoms with Gasteiger partial charge < -0.3 is 4.43 Å². The van der Waals surface area contributed by atoms with E-state index < -0.39 is 9.04 Å². The highest BCUT2D eigenvalue weighted by Gasteiger charge is 2.17. The van der Waals surface area contributed by atoms with Gasteiger partial charge in [0.05, 0.1) is 0 Å². The number of hydrogen-bond acceptors (Lipinski definition) is 1. The van der Waals surface area contributed by atoms with Crippen molar-refractivity contribution in [2.24, 2.45) is 0 Å². The summed E-state index contributed by atoms with van der Waals surface area (Å²) in [5.41, 5.74) is 1.35. The molecule has 0 bridgehead atoms. The Morgan fingerprint density at radius 3 is 2.67 bits per heavy atom. The van der Waals surface area contributed by atoms with Crippen LogP contribution in [0.2, 0.25) is 6.04 Å². The number of rotatable bonds is 3. The molecule has 1 nitrogen and oxygen atoms in total. The molecule has 1 unspecified atom stereocenters. The fourth-order valence-electron chi connectivity index (χ4n) is 2.04. The third kappa shape index (κ3) is 2.80. The van der Waals surface area contributed by atoms with Gasteiger partial charge in [-0.1, -0.05) is 36.8 Å². The minimum atomic E-state index is -1.05. The molecule has 0 radical (unpaired) electrons. The molecule has 0 spiro atoms. The van der Waals surface area contributed by atoms with Gasteiger partial charge in [-0.2, -0.15) is 0 Å². The monoisotopic (exact) mass is 218 g/mol. The first-order chi connectivity index (χ1) is 7.40. The minimum absolute atomic E-state index is 0.966. The molecule has 2 rings (SSSR count). The summed E-state index contributed by atoms with van der Waals surface area (Å²) in [7, 11) is -1.05. The van der Waals surface area contributed by atoms with E-state index in [1.807, 2.05) is 6.08 Å². The molecule has 0 aromatic heterocycles. The molecule has 1 aliphatic rings. The van der Waals surface area contributed by atoms with E-state index >= 15 is 0 Å². The molecular weight excluding hydrogens is 200 g/mol. The minimum Gasteiger partial charge on any atom is -0.415 e. The summed E-state index contributed by atoms with van der Waals surface area (Å²) < 4.78 is 5.88. The molecule has 1 aliphatic heterocycles. The van der Waals surface area contributed by atoms with E-state index in [1.165, 1.54) is 29.6 Å². The van der Waals surface area contributed by atoms with Gasteiger partial charge >= 0.3 is 0 Å². The van der Waals surface area contributed by atoms with Crippen molar-refractivity contribution in [3.63, 3.8) is 0 Å². The molecule has 1 fully saturated rings. The molecule has 0 amide bonds. The van der Waals surface area contributed by atoms with E-state index in [-0.39, 0.29) is 0 Å². The van der Waals surface area contributed by atoms with Crippen molar-refractivity contribution < 1.29 is 4.43 Å². The van der Waals surface area contributed by atoms with E-state index in [0.717, 1.165) is 13.0 Å². The van der Waals surface area contributed by atoms with Crippen LogP contribution in [0.5, 0.6) is 0 Å². The number of benzene rings is 1. The van der Waals surface area contributed by atoms with E-state index in [4.69, 9.17) is 4.43 Å². The molecule has 15 heavy (non-hydrogen) atoms. The predicted molar refractivity (Wildman–Crippen MR) is 67.1 cm³/mol. The zero-order valence-electron chi connectivity index (χ0n) is 9.11. The van der Waals surface area contributed by atoms with E-state index in [9.17, 15) is 0 Å². The molecule has 1 aromatic rings. The van der Waals surface area contributed by atoms with Crippen molar-refractivity contribution in [2.75, 3.05) is 6.61 Å². The van der Waals surface area contributed by atoms with Gasteiger partial charge in [0.15, 0.2) is 0 Å².